The van der Waals surface area contributed by atoms with E-state index in [0.717, 1.165) is 12.2 Å². The van der Waals surface area contributed by atoms with Crippen molar-refractivity contribution in [2.24, 2.45) is 0 Å². The van der Waals surface area contributed by atoms with Crippen LogP contribution in [0.4, 0.5) is 17.3 Å². The van der Waals surface area contributed by atoms with Crippen LogP contribution in [0.15, 0.2) is 24.5 Å². The first-order valence-electron chi connectivity index (χ1n) is 6.62. The molecule has 1 aromatic heterocycles. The first kappa shape index (κ1) is 14.1. The van der Waals surface area contributed by atoms with Crippen LogP contribution in [0.3, 0.4) is 0 Å². The van der Waals surface area contributed by atoms with E-state index in [1.165, 1.54) is 17.5 Å². The molecule has 2 N–H and O–H groups in total. The third kappa shape index (κ3) is 3.17. The van der Waals surface area contributed by atoms with Crippen LogP contribution in [0.2, 0.25) is 0 Å². The maximum absolute atomic E-state index is 5.41. The van der Waals surface area contributed by atoms with Crippen LogP contribution in [0.25, 0.3) is 0 Å². The molecule has 0 saturated carbocycles. The molecule has 1 heterocycles. The Bertz CT molecular complexity index is 578. The van der Waals surface area contributed by atoms with E-state index in [4.69, 9.17) is 4.74 Å². The number of hydrogen-bond acceptors (Lipinski definition) is 5. The van der Waals surface area contributed by atoms with Gasteiger partial charge >= 0.3 is 0 Å². The Morgan fingerprint density at radius 3 is 2.30 bits per heavy atom. The predicted octanol–water partition coefficient (Wildman–Crippen LogP) is 3.28. The van der Waals surface area contributed by atoms with E-state index in [0.29, 0.717) is 17.4 Å². The lowest BCUT2D eigenvalue weighted by molar-refractivity contribution is 0.415. The summed E-state index contributed by atoms with van der Waals surface area (Å²) in [6, 6.07) is 6.27. The van der Waals surface area contributed by atoms with Crippen molar-refractivity contribution >= 4 is 17.3 Å². The molecule has 106 valence electrons. The molecule has 20 heavy (non-hydrogen) atoms. The predicted molar refractivity (Wildman–Crippen MR) is 81.9 cm³/mol. The number of nitrogens with zero attached hydrogens (tertiary/aromatic N) is 2. The second kappa shape index (κ2) is 6.23. The van der Waals surface area contributed by atoms with Gasteiger partial charge in [0, 0.05) is 12.2 Å². The summed E-state index contributed by atoms with van der Waals surface area (Å²) in [4.78, 5) is 8.45. The average Bonchev–Trinajstić information content (AvgIpc) is 2.38. The Kier molecular flexibility index (Phi) is 4.40. The fraction of sp³-hybridized carbons (Fsp3) is 0.333. The summed E-state index contributed by atoms with van der Waals surface area (Å²) in [7, 11) is 1.62. The second-order valence-corrected chi connectivity index (χ2v) is 4.64. The van der Waals surface area contributed by atoms with Gasteiger partial charge in [0.15, 0.2) is 11.6 Å². The first-order chi connectivity index (χ1) is 9.63. The number of benzene rings is 1. The molecule has 0 aliphatic rings. The number of hydrogen-bond donors (Lipinski definition) is 2. The fourth-order valence-corrected chi connectivity index (χ4v) is 2.13. The van der Waals surface area contributed by atoms with E-state index in [1.54, 1.807) is 7.11 Å². The molecule has 0 unspecified atom stereocenters. The Morgan fingerprint density at radius 2 is 1.70 bits per heavy atom. The van der Waals surface area contributed by atoms with E-state index >= 15 is 0 Å². The fourth-order valence-electron chi connectivity index (χ4n) is 2.13. The molecule has 0 amide bonds. The third-order valence-electron chi connectivity index (χ3n) is 2.84. The molecule has 1 aromatic carbocycles. The highest BCUT2D eigenvalue weighted by atomic mass is 16.5. The largest absolute Gasteiger partial charge is 0.490 e. The van der Waals surface area contributed by atoms with Gasteiger partial charge in [0.2, 0.25) is 5.75 Å². The van der Waals surface area contributed by atoms with Gasteiger partial charge in [-0.2, -0.15) is 0 Å². The number of anilines is 3. The molecular weight excluding hydrogens is 252 g/mol. The minimum Gasteiger partial charge on any atom is -0.490 e. The van der Waals surface area contributed by atoms with Crippen LogP contribution < -0.4 is 15.4 Å². The summed E-state index contributed by atoms with van der Waals surface area (Å²) in [6.07, 6.45) is 1.52. The van der Waals surface area contributed by atoms with Crippen molar-refractivity contribution in [2.45, 2.75) is 20.8 Å². The van der Waals surface area contributed by atoms with Crippen molar-refractivity contribution in [1.29, 1.82) is 0 Å². The number of ether oxygens (including phenoxy) is 1. The molecule has 0 saturated heterocycles. The van der Waals surface area contributed by atoms with Gasteiger partial charge in [0.1, 0.15) is 6.33 Å². The van der Waals surface area contributed by atoms with Gasteiger partial charge in [-0.05, 0) is 44.0 Å². The van der Waals surface area contributed by atoms with Gasteiger partial charge in [-0.25, -0.2) is 9.97 Å². The topological polar surface area (TPSA) is 59.1 Å². The molecule has 5 nitrogen and oxygen atoms in total. The molecule has 5 heteroatoms. The van der Waals surface area contributed by atoms with E-state index in [2.05, 4.69) is 52.6 Å². The normalized spacial score (nSPS) is 10.2. The van der Waals surface area contributed by atoms with Crippen molar-refractivity contribution < 1.29 is 4.74 Å². The lowest BCUT2D eigenvalue weighted by atomic mass is 10.1. The quantitative estimate of drug-likeness (QED) is 0.874. The summed E-state index contributed by atoms with van der Waals surface area (Å²) in [6.45, 7) is 6.92. The molecule has 0 atom stereocenters. The van der Waals surface area contributed by atoms with Crippen LogP contribution in [0, 0.1) is 13.8 Å². The summed E-state index contributed by atoms with van der Waals surface area (Å²) < 4.78 is 5.41. The number of nitrogens with one attached hydrogen (secondary N) is 2. The van der Waals surface area contributed by atoms with Gasteiger partial charge < -0.3 is 15.4 Å². The summed E-state index contributed by atoms with van der Waals surface area (Å²) >= 11 is 0. The summed E-state index contributed by atoms with van der Waals surface area (Å²) in [5.74, 6) is 1.97. The van der Waals surface area contributed by atoms with Crippen molar-refractivity contribution in [3.8, 4) is 5.75 Å². The zero-order valence-corrected chi connectivity index (χ0v) is 12.3. The minimum atomic E-state index is 0.619. The van der Waals surface area contributed by atoms with Gasteiger partial charge in [-0.15, -0.1) is 0 Å². The molecule has 2 aromatic rings. The molecule has 0 spiro atoms. The molecule has 0 bridgehead atoms. The van der Waals surface area contributed by atoms with Gasteiger partial charge in [-0.1, -0.05) is 6.07 Å². The lowest BCUT2D eigenvalue weighted by Crippen LogP contribution is -2.06. The summed E-state index contributed by atoms with van der Waals surface area (Å²) in [5.41, 5.74) is 3.39. The Balaban J connectivity index is 2.35. The van der Waals surface area contributed by atoms with Crippen LogP contribution in [-0.2, 0) is 0 Å². The van der Waals surface area contributed by atoms with Gasteiger partial charge in [0.25, 0.3) is 0 Å². The highest BCUT2D eigenvalue weighted by Gasteiger charge is 2.11. The van der Waals surface area contributed by atoms with Crippen molar-refractivity contribution in [1.82, 2.24) is 9.97 Å². The molecule has 0 aliphatic carbocycles. The minimum absolute atomic E-state index is 0.619. The maximum Gasteiger partial charge on any atom is 0.204 e. The van der Waals surface area contributed by atoms with Crippen molar-refractivity contribution in [3.63, 3.8) is 0 Å². The van der Waals surface area contributed by atoms with Crippen LogP contribution in [-0.4, -0.2) is 23.6 Å². The third-order valence-corrected chi connectivity index (χ3v) is 2.84. The molecule has 0 fully saturated rings. The van der Waals surface area contributed by atoms with E-state index in [-0.39, 0.29) is 0 Å². The van der Waals surface area contributed by atoms with Crippen molar-refractivity contribution in [3.05, 3.63) is 35.7 Å². The zero-order valence-electron chi connectivity index (χ0n) is 12.3. The van der Waals surface area contributed by atoms with E-state index in [9.17, 15) is 0 Å². The van der Waals surface area contributed by atoms with Crippen LogP contribution in [0.1, 0.15) is 18.1 Å². The van der Waals surface area contributed by atoms with Gasteiger partial charge in [-0.3, -0.25) is 0 Å². The molecule has 2 rings (SSSR count). The number of rotatable bonds is 5. The number of aryl methyl sites for hydroxylation is 2. The number of methoxy groups -OCH3 is 1. The lowest BCUT2D eigenvalue weighted by Gasteiger charge is -2.14. The Morgan fingerprint density at radius 1 is 1.05 bits per heavy atom. The maximum atomic E-state index is 5.41. The number of aromatic nitrogens is 2. The smallest absolute Gasteiger partial charge is 0.204 e. The van der Waals surface area contributed by atoms with Gasteiger partial charge in [0.05, 0.1) is 7.11 Å². The highest BCUT2D eigenvalue weighted by molar-refractivity contribution is 5.69. The Hall–Kier alpha value is -2.30. The van der Waals surface area contributed by atoms with Crippen LogP contribution >= 0.6 is 0 Å². The second-order valence-electron chi connectivity index (χ2n) is 4.64. The van der Waals surface area contributed by atoms with E-state index in [1.807, 2.05) is 6.92 Å². The molecule has 0 aliphatic heterocycles. The molecular formula is C15H20N4O. The zero-order chi connectivity index (χ0) is 14.5. The van der Waals surface area contributed by atoms with E-state index < -0.39 is 0 Å². The molecule has 0 radical (unpaired) electrons. The summed E-state index contributed by atoms with van der Waals surface area (Å²) in [5, 5.41) is 6.45. The SMILES string of the molecule is CCNc1ncnc(Nc2cc(C)cc(C)c2)c1OC. The monoisotopic (exact) mass is 272 g/mol. The Labute approximate surface area is 119 Å². The van der Waals surface area contributed by atoms with Crippen LogP contribution in [0.5, 0.6) is 5.75 Å². The standard InChI is InChI=1S/C15H20N4O/c1-5-16-14-13(20-4)15(18-9-17-14)19-12-7-10(2)6-11(3)8-12/h6-9H,5H2,1-4H3,(H2,16,17,18,19). The highest BCUT2D eigenvalue weighted by Crippen LogP contribution is 2.31. The van der Waals surface area contributed by atoms with Crippen molar-refractivity contribution in [2.75, 3.05) is 24.3 Å². The first-order valence-corrected chi connectivity index (χ1v) is 6.62. The average molecular weight is 272 g/mol.